The monoisotopic (exact) mass is 834 g/mol. The number of aromatic nitrogens is 1. The highest BCUT2D eigenvalue weighted by atomic mass is 15.1. The van der Waals surface area contributed by atoms with Gasteiger partial charge in [0.25, 0.3) is 0 Å². The Morgan fingerprint density at radius 2 is 0.877 bits per heavy atom. The third kappa shape index (κ3) is 6.08. The van der Waals surface area contributed by atoms with Crippen LogP contribution in [0.5, 0.6) is 0 Å². The van der Waals surface area contributed by atoms with Crippen LogP contribution >= 0.6 is 0 Å². The molecular formula is C63H50N2. The molecule has 1 heterocycles. The lowest BCUT2D eigenvalue weighted by atomic mass is 9.81. The zero-order chi connectivity index (χ0) is 44.0. The molecule has 0 saturated heterocycles. The van der Waals surface area contributed by atoms with Crippen molar-refractivity contribution in [2.75, 3.05) is 4.90 Å². The molecule has 9 aromatic carbocycles. The van der Waals surface area contributed by atoms with Gasteiger partial charge in [-0.15, -0.1) is 0 Å². The minimum atomic E-state index is -0.219. The van der Waals surface area contributed by atoms with Gasteiger partial charge in [0, 0.05) is 44.5 Å². The van der Waals surface area contributed by atoms with E-state index in [0.29, 0.717) is 0 Å². The van der Waals surface area contributed by atoms with Gasteiger partial charge < -0.3 is 9.47 Å². The quantitative estimate of drug-likeness (QED) is 0.155. The average Bonchev–Trinajstić information content (AvgIpc) is 3.89. The van der Waals surface area contributed by atoms with Crippen LogP contribution < -0.4 is 4.90 Å². The Bertz CT molecular complexity index is 3450. The summed E-state index contributed by atoms with van der Waals surface area (Å²) < 4.78 is 2.49. The van der Waals surface area contributed by atoms with Gasteiger partial charge in [0.1, 0.15) is 0 Å². The van der Waals surface area contributed by atoms with Crippen molar-refractivity contribution < 1.29 is 0 Å². The van der Waals surface area contributed by atoms with E-state index in [0.717, 1.165) is 22.7 Å². The Balaban J connectivity index is 0.962. The second-order valence-corrected chi connectivity index (χ2v) is 19.0. The van der Waals surface area contributed by atoms with Crippen LogP contribution in [0.1, 0.15) is 55.5 Å². The molecule has 2 aliphatic carbocycles. The Morgan fingerprint density at radius 1 is 0.369 bits per heavy atom. The summed E-state index contributed by atoms with van der Waals surface area (Å²) in [6.45, 7) is 11.7. The SMILES string of the molecule is Cc1ccc(N(c2ccc(-c3ccc4c(c3)C(C)(C)c3cc5c(cc3-4)c(-c3ccccc3)c(-c3ccccc3)n5-c3ccccc3)cc2)c2ccc3c(c2)C(C)(C)c2ccccc2-3)cc1. The minimum Gasteiger partial charge on any atom is -0.310 e. The second kappa shape index (κ2) is 14.7. The number of fused-ring (bicyclic) bond motifs is 7. The first kappa shape index (κ1) is 39.0. The molecule has 0 N–H and O–H groups in total. The van der Waals surface area contributed by atoms with Gasteiger partial charge in [-0.3, -0.25) is 0 Å². The average molecular weight is 835 g/mol. The van der Waals surface area contributed by atoms with Gasteiger partial charge in [-0.2, -0.15) is 0 Å². The van der Waals surface area contributed by atoms with Crippen LogP contribution in [-0.2, 0) is 10.8 Å². The largest absolute Gasteiger partial charge is 0.310 e. The lowest BCUT2D eigenvalue weighted by Crippen LogP contribution is -2.16. The molecule has 0 spiro atoms. The van der Waals surface area contributed by atoms with E-state index in [2.05, 4.69) is 256 Å². The number of benzene rings is 9. The van der Waals surface area contributed by atoms with Crippen LogP contribution in [-0.4, -0.2) is 4.57 Å². The first-order chi connectivity index (χ1) is 31.7. The van der Waals surface area contributed by atoms with Crippen molar-refractivity contribution in [2.45, 2.75) is 45.4 Å². The maximum atomic E-state index is 2.49. The van der Waals surface area contributed by atoms with Gasteiger partial charge >= 0.3 is 0 Å². The van der Waals surface area contributed by atoms with Gasteiger partial charge in [-0.1, -0.05) is 179 Å². The van der Waals surface area contributed by atoms with Crippen LogP contribution in [0.2, 0.25) is 0 Å². The van der Waals surface area contributed by atoms with Crippen LogP contribution in [0.25, 0.3) is 72.4 Å². The molecule has 0 radical (unpaired) electrons. The normalized spacial score (nSPS) is 13.9. The molecule has 0 saturated carbocycles. The van der Waals surface area contributed by atoms with E-state index in [1.165, 1.54) is 94.5 Å². The smallest absolute Gasteiger partial charge is 0.0619 e. The molecule has 0 aliphatic heterocycles. The first-order valence-corrected chi connectivity index (χ1v) is 22.9. The van der Waals surface area contributed by atoms with Gasteiger partial charge in [-0.05, 0) is 140 Å². The zero-order valence-electron chi connectivity index (χ0n) is 37.6. The van der Waals surface area contributed by atoms with E-state index in [4.69, 9.17) is 0 Å². The minimum absolute atomic E-state index is 0.0842. The van der Waals surface area contributed by atoms with Crippen molar-refractivity contribution in [2.24, 2.45) is 0 Å². The Hall–Kier alpha value is -7.68. The molecule has 0 bridgehead atoms. The van der Waals surface area contributed by atoms with Gasteiger partial charge in [-0.25, -0.2) is 0 Å². The summed E-state index contributed by atoms with van der Waals surface area (Å²) in [5.41, 5.74) is 24.9. The summed E-state index contributed by atoms with van der Waals surface area (Å²) in [7, 11) is 0. The Labute approximate surface area is 382 Å². The predicted molar refractivity (Wildman–Crippen MR) is 274 cm³/mol. The molecule has 312 valence electrons. The standard InChI is InChI=1S/C63H50N2/c1-41-25-30-47(31-26-41)64(49-34-36-51-50-23-15-16-24-55(50)62(2,3)57(51)38-49)48-32-27-42(28-33-48)45-29-35-52-53-39-54-59(40-58(53)63(4,5)56(52)37-45)65(46-21-13-8-14-22-46)61(44-19-11-7-12-20-44)60(54)43-17-9-6-10-18-43/h6-40H,1-5H3. The highest BCUT2D eigenvalue weighted by Gasteiger charge is 2.38. The molecule has 2 nitrogen and oxygen atoms in total. The van der Waals surface area contributed by atoms with E-state index < -0.39 is 0 Å². The summed E-state index contributed by atoms with van der Waals surface area (Å²) in [4.78, 5) is 2.41. The predicted octanol–water partition coefficient (Wildman–Crippen LogP) is 17.0. The molecule has 0 unspecified atom stereocenters. The van der Waals surface area contributed by atoms with Crippen LogP contribution in [0.15, 0.2) is 212 Å². The summed E-state index contributed by atoms with van der Waals surface area (Å²) in [5, 5.41) is 1.26. The van der Waals surface area contributed by atoms with E-state index in [-0.39, 0.29) is 10.8 Å². The molecule has 0 amide bonds. The Kier molecular flexibility index (Phi) is 8.80. The Morgan fingerprint density at radius 3 is 1.58 bits per heavy atom. The number of para-hydroxylation sites is 1. The second-order valence-electron chi connectivity index (χ2n) is 19.0. The third-order valence-corrected chi connectivity index (χ3v) is 14.5. The molecule has 2 heteroatoms. The van der Waals surface area contributed by atoms with E-state index in [9.17, 15) is 0 Å². The number of hydrogen-bond acceptors (Lipinski definition) is 1. The zero-order valence-corrected chi connectivity index (χ0v) is 37.6. The van der Waals surface area contributed by atoms with Crippen molar-refractivity contribution in [3.05, 3.63) is 240 Å². The lowest BCUT2D eigenvalue weighted by molar-refractivity contribution is 0.660. The summed E-state index contributed by atoms with van der Waals surface area (Å²) in [6, 6.07) is 78.8. The van der Waals surface area contributed by atoms with Gasteiger partial charge in [0.05, 0.1) is 11.2 Å². The molecule has 0 atom stereocenters. The maximum Gasteiger partial charge on any atom is 0.0619 e. The van der Waals surface area contributed by atoms with Crippen molar-refractivity contribution in [1.82, 2.24) is 4.57 Å². The molecule has 1 aromatic heterocycles. The van der Waals surface area contributed by atoms with Crippen molar-refractivity contribution in [3.63, 3.8) is 0 Å². The molecule has 65 heavy (non-hydrogen) atoms. The van der Waals surface area contributed by atoms with E-state index in [1.807, 2.05) is 0 Å². The summed E-state index contributed by atoms with van der Waals surface area (Å²) >= 11 is 0. The third-order valence-electron chi connectivity index (χ3n) is 14.5. The number of hydrogen-bond donors (Lipinski definition) is 0. The fourth-order valence-electron chi connectivity index (χ4n) is 11.1. The number of rotatable bonds is 7. The fourth-order valence-corrected chi connectivity index (χ4v) is 11.1. The highest BCUT2D eigenvalue weighted by molar-refractivity contribution is 6.08. The van der Waals surface area contributed by atoms with Gasteiger partial charge in [0.15, 0.2) is 0 Å². The summed E-state index contributed by atoms with van der Waals surface area (Å²) in [6.07, 6.45) is 0. The molecule has 0 fully saturated rings. The highest BCUT2D eigenvalue weighted by Crippen LogP contribution is 2.54. The molecule has 2 aliphatic rings. The number of aryl methyl sites for hydroxylation is 1. The topological polar surface area (TPSA) is 8.17 Å². The van der Waals surface area contributed by atoms with Gasteiger partial charge in [0.2, 0.25) is 0 Å². The van der Waals surface area contributed by atoms with Crippen LogP contribution in [0, 0.1) is 6.92 Å². The lowest BCUT2D eigenvalue weighted by Gasteiger charge is -2.28. The molecular weight excluding hydrogens is 785 g/mol. The fraction of sp³-hybridized carbons (Fsp3) is 0.111. The summed E-state index contributed by atoms with van der Waals surface area (Å²) in [5.74, 6) is 0. The molecule has 12 rings (SSSR count). The molecule has 10 aromatic rings. The number of anilines is 3. The first-order valence-electron chi connectivity index (χ1n) is 22.9. The van der Waals surface area contributed by atoms with Crippen molar-refractivity contribution >= 4 is 28.0 Å². The van der Waals surface area contributed by atoms with Crippen molar-refractivity contribution in [1.29, 1.82) is 0 Å². The maximum absolute atomic E-state index is 2.49. The van der Waals surface area contributed by atoms with Crippen molar-refractivity contribution in [3.8, 4) is 61.5 Å². The number of nitrogens with zero attached hydrogens (tertiary/aromatic N) is 2. The van der Waals surface area contributed by atoms with E-state index >= 15 is 0 Å². The van der Waals surface area contributed by atoms with Crippen LogP contribution in [0.4, 0.5) is 17.1 Å². The van der Waals surface area contributed by atoms with Crippen LogP contribution in [0.3, 0.4) is 0 Å². The van der Waals surface area contributed by atoms with E-state index in [1.54, 1.807) is 0 Å².